The summed E-state index contributed by atoms with van der Waals surface area (Å²) in [6.45, 7) is 2.59. The Hall–Kier alpha value is -3.34. The summed E-state index contributed by atoms with van der Waals surface area (Å²) in [6.07, 6.45) is 0. The third-order valence-corrected chi connectivity index (χ3v) is 4.02. The van der Waals surface area contributed by atoms with Crippen molar-refractivity contribution in [1.82, 2.24) is 14.8 Å². The zero-order valence-corrected chi connectivity index (χ0v) is 13.8. The molecule has 5 heteroatoms. The summed E-state index contributed by atoms with van der Waals surface area (Å²) in [5.74, 6) is 0.830. The van der Waals surface area contributed by atoms with E-state index in [9.17, 15) is 4.79 Å². The number of pyridine rings is 1. The highest BCUT2D eigenvalue weighted by Gasteiger charge is 2.10. The minimum absolute atomic E-state index is 0.105. The number of fused-ring (bicyclic) bond motifs is 1. The molecule has 4 aromatic rings. The Kier molecular flexibility index (Phi) is 3.82. The number of hydrogen-bond donors (Lipinski definition) is 1. The summed E-state index contributed by atoms with van der Waals surface area (Å²) in [7, 11) is 0. The summed E-state index contributed by atoms with van der Waals surface area (Å²) < 4.78 is 6.98. The zero-order valence-electron chi connectivity index (χ0n) is 13.8. The Balaban J connectivity index is 1.77. The van der Waals surface area contributed by atoms with Crippen molar-refractivity contribution < 1.29 is 4.74 Å². The molecule has 0 saturated carbocycles. The average Bonchev–Trinajstić information content (AvgIpc) is 2.99. The molecule has 0 amide bonds. The van der Waals surface area contributed by atoms with Crippen LogP contribution in [-0.2, 0) is 0 Å². The third-order valence-electron chi connectivity index (χ3n) is 4.02. The van der Waals surface area contributed by atoms with E-state index < -0.39 is 0 Å². The van der Waals surface area contributed by atoms with Crippen LogP contribution >= 0.6 is 0 Å². The van der Waals surface area contributed by atoms with E-state index in [0.717, 1.165) is 22.7 Å². The van der Waals surface area contributed by atoms with Crippen molar-refractivity contribution in [3.05, 3.63) is 77.1 Å². The lowest BCUT2D eigenvalue weighted by Gasteiger charge is -2.04. The molecule has 0 bridgehead atoms. The van der Waals surface area contributed by atoms with Gasteiger partial charge in [-0.05, 0) is 55.5 Å². The maximum absolute atomic E-state index is 12.6. The minimum atomic E-state index is -0.105. The summed E-state index contributed by atoms with van der Waals surface area (Å²) in [5, 5.41) is 3.66. The number of aromatic amines is 1. The maximum Gasteiger partial charge on any atom is 0.280 e. The molecule has 0 aliphatic rings. The highest BCUT2D eigenvalue weighted by atomic mass is 16.5. The molecular formula is C20H17N3O2. The van der Waals surface area contributed by atoms with E-state index in [-0.39, 0.29) is 5.56 Å². The number of rotatable bonds is 4. The predicted octanol–water partition coefficient (Wildman–Crippen LogP) is 3.78. The topological polar surface area (TPSA) is 59.9 Å². The van der Waals surface area contributed by atoms with E-state index >= 15 is 0 Å². The molecule has 0 aliphatic heterocycles. The number of para-hydroxylation sites is 1. The molecule has 0 aliphatic carbocycles. The second kappa shape index (κ2) is 6.28. The third kappa shape index (κ3) is 2.80. The molecule has 2 aromatic carbocycles. The molecular weight excluding hydrogens is 314 g/mol. The Morgan fingerprint density at radius 3 is 2.48 bits per heavy atom. The number of nitrogens with zero attached hydrogens (tertiary/aromatic N) is 2. The number of ether oxygens (including phenoxy) is 1. The van der Waals surface area contributed by atoms with Crippen LogP contribution in [0.2, 0.25) is 0 Å². The van der Waals surface area contributed by atoms with E-state index in [1.807, 2.05) is 73.7 Å². The van der Waals surface area contributed by atoms with E-state index in [1.54, 1.807) is 0 Å². The van der Waals surface area contributed by atoms with Gasteiger partial charge in [0, 0.05) is 5.56 Å². The van der Waals surface area contributed by atoms with E-state index in [2.05, 4.69) is 10.1 Å². The van der Waals surface area contributed by atoms with Gasteiger partial charge in [-0.15, -0.1) is 0 Å². The highest BCUT2D eigenvalue weighted by Crippen LogP contribution is 2.22. The average molecular weight is 331 g/mol. The molecule has 2 heterocycles. The smallest absolute Gasteiger partial charge is 0.280 e. The van der Waals surface area contributed by atoms with Crippen LogP contribution in [0.4, 0.5) is 0 Å². The molecule has 25 heavy (non-hydrogen) atoms. The fourth-order valence-electron chi connectivity index (χ4n) is 2.80. The molecule has 4 rings (SSSR count). The first-order chi connectivity index (χ1) is 12.3. The van der Waals surface area contributed by atoms with Gasteiger partial charge in [-0.3, -0.25) is 9.89 Å². The standard InChI is InChI=1S/C20H17N3O2/c1-2-25-16-10-8-14(9-11-16)18-13-12-17-19(21-18)22-23(20(17)24)15-6-4-3-5-7-15/h3-13H,2H2,1H3,(H,21,22). The second-order valence-corrected chi connectivity index (χ2v) is 5.64. The molecule has 0 unspecified atom stereocenters. The van der Waals surface area contributed by atoms with Crippen LogP contribution in [0.1, 0.15) is 6.92 Å². The SMILES string of the molecule is CCOc1ccc(-c2ccc3c(=O)n(-c4ccccc4)[nH]c3n2)cc1. The van der Waals surface area contributed by atoms with Gasteiger partial charge in [0.2, 0.25) is 0 Å². The summed E-state index contributed by atoms with van der Waals surface area (Å²) in [4.78, 5) is 17.2. The van der Waals surface area contributed by atoms with Crippen LogP contribution in [0.3, 0.4) is 0 Å². The van der Waals surface area contributed by atoms with E-state index in [4.69, 9.17) is 4.74 Å². The van der Waals surface area contributed by atoms with Crippen molar-refractivity contribution >= 4 is 11.0 Å². The first-order valence-electron chi connectivity index (χ1n) is 8.16. The van der Waals surface area contributed by atoms with Crippen LogP contribution < -0.4 is 10.3 Å². The van der Waals surface area contributed by atoms with Crippen molar-refractivity contribution in [2.75, 3.05) is 6.61 Å². The van der Waals surface area contributed by atoms with Crippen LogP contribution in [0.15, 0.2) is 71.5 Å². The normalized spacial score (nSPS) is 10.9. The van der Waals surface area contributed by atoms with E-state index in [0.29, 0.717) is 17.6 Å². The lowest BCUT2D eigenvalue weighted by molar-refractivity contribution is 0.340. The van der Waals surface area contributed by atoms with Gasteiger partial charge in [-0.1, -0.05) is 18.2 Å². The lowest BCUT2D eigenvalue weighted by Crippen LogP contribution is -2.13. The minimum Gasteiger partial charge on any atom is -0.494 e. The number of aromatic nitrogens is 3. The molecule has 0 radical (unpaired) electrons. The largest absolute Gasteiger partial charge is 0.494 e. The van der Waals surface area contributed by atoms with Crippen LogP contribution in [0.5, 0.6) is 5.75 Å². The van der Waals surface area contributed by atoms with Crippen LogP contribution in [0.25, 0.3) is 28.0 Å². The number of nitrogens with one attached hydrogen (secondary N) is 1. The summed E-state index contributed by atoms with van der Waals surface area (Å²) in [6, 6.07) is 20.9. The number of benzene rings is 2. The van der Waals surface area contributed by atoms with Gasteiger partial charge >= 0.3 is 0 Å². The summed E-state index contributed by atoms with van der Waals surface area (Å²) >= 11 is 0. The Morgan fingerprint density at radius 1 is 1.00 bits per heavy atom. The van der Waals surface area contributed by atoms with Gasteiger partial charge in [0.05, 0.1) is 23.4 Å². The molecule has 124 valence electrons. The zero-order chi connectivity index (χ0) is 17.2. The van der Waals surface area contributed by atoms with Gasteiger partial charge in [-0.25, -0.2) is 9.67 Å². The quantitative estimate of drug-likeness (QED) is 0.619. The molecule has 0 atom stereocenters. The molecule has 5 nitrogen and oxygen atoms in total. The van der Waals surface area contributed by atoms with Crippen molar-refractivity contribution in [2.24, 2.45) is 0 Å². The highest BCUT2D eigenvalue weighted by molar-refractivity contribution is 5.78. The first kappa shape index (κ1) is 15.2. The van der Waals surface area contributed by atoms with Crippen LogP contribution in [0, 0.1) is 0 Å². The lowest BCUT2D eigenvalue weighted by atomic mass is 10.1. The fraction of sp³-hybridized carbons (Fsp3) is 0.100. The Morgan fingerprint density at radius 2 is 1.76 bits per heavy atom. The maximum atomic E-state index is 12.6. The fourth-order valence-corrected chi connectivity index (χ4v) is 2.80. The summed E-state index contributed by atoms with van der Waals surface area (Å²) in [5.41, 5.74) is 3.02. The van der Waals surface area contributed by atoms with Gasteiger partial charge in [0.25, 0.3) is 5.56 Å². The van der Waals surface area contributed by atoms with Crippen LogP contribution in [-0.4, -0.2) is 21.4 Å². The first-order valence-corrected chi connectivity index (χ1v) is 8.16. The van der Waals surface area contributed by atoms with Gasteiger partial charge in [0.1, 0.15) is 5.75 Å². The van der Waals surface area contributed by atoms with Crippen molar-refractivity contribution in [3.8, 4) is 22.7 Å². The number of H-pyrrole nitrogens is 1. The van der Waals surface area contributed by atoms with E-state index in [1.165, 1.54) is 4.68 Å². The molecule has 0 saturated heterocycles. The molecule has 0 spiro atoms. The monoisotopic (exact) mass is 331 g/mol. The molecule has 0 fully saturated rings. The second-order valence-electron chi connectivity index (χ2n) is 5.64. The Labute approximate surface area is 144 Å². The van der Waals surface area contributed by atoms with Gasteiger partial charge in [-0.2, -0.15) is 0 Å². The van der Waals surface area contributed by atoms with Crippen molar-refractivity contribution in [3.63, 3.8) is 0 Å². The van der Waals surface area contributed by atoms with Crippen molar-refractivity contribution in [1.29, 1.82) is 0 Å². The number of hydrogen-bond acceptors (Lipinski definition) is 3. The van der Waals surface area contributed by atoms with Gasteiger partial charge in [0.15, 0.2) is 5.65 Å². The predicted molar refractivity (Wildman–Crippen MR) is 98.3 cm³/mol. The van der Waals surface area contributed by atoms with Crippen molar-refractivity contribution in [2.45, 2.75) is 6.92 Å². The molecule has 2 aromatic heterocycles. The Bertz CT molecular complexity index is 1060. The molecule has 1 N–H and O–H groups in total. The van der Waals surface area contributed by atoms with Gasteiger partial charge < -0.3 is 4.74 Å².